The number of rotatable bonds is 5. The Morgan fingerprint density at radius 2 is 0.714 bits per heavy atom. The molecule has 230 valence electrons. The third-order valence-electron chi connectivity index (χ3n) is 9.66. The van der Waals surface area contributed by atoms with E-state index >= 15 is 0 Å². The quantitative estimate of drug-likeness (QED) is 0.190. The summed E-state index contributed by atoms with van der Waals surface area (Å²) in [4.78, 5) is 2.33. The first-order chi connectivity index (χ1) is 24.2. The molecule has 0 radical (unpaired) electrons. The zero-order chi connectivity index (χ0) is 32.3. The Labute approximate surface area is 282 Å². The zero-order valence-electron chi connectivity index (χ0n) is 26.5. The van der Waals surface area contributed by atoms with Crippen LogP contribution < -0.4 is 4.90 Å². The van der Waals surface area contributed by atoms with Crippen LogP contribution in [-0.4, -0.2) is 0 Å². The summed E-state index contributed by atoms with van der Waals surface area (Å²) in [5.41, 5.74) is 11.6. The largest absolute Gasteiger partial charge is 0.456 e. The predicted molar refractivity (Wildman–Crippen MR) is 204 cm³/mol. The summed E-state index contributed by atoms with van der Waals surface area (Å²) in [6, 6.07) is 62.3. The van der Waals surface area contributed by atoms with E-state index in [2.05, 4.69) is 157 Å². The highest BCUT2D eigenvalue weighted by Crippen LogP contribution is 2.39. The fourth-order valence-corrected chi connectivity index (χ4v) is 7.18. The Bertz CT molecular complexity index is 2660. The van der Waals surface area contributed by atoms with E-state index in [0.717, 1.165) is 83.2 Å². The second kappa shape index (κ2) is 11.0. The minimum absolute atomic E-state index is 0.908. The van der Waals surface area contributed by atoms with Crippen LogP contribution in [0.5, 0.6) is 0 Å². The lowest BCUT2D eigenvalue weighted by atomic mass is 10.0. The van der Waals surface area contributed by atoms with E-state index in [0.29, 0.717) is 0 Å². The van der Waals surface area contributed by atoms with E-state index < -0.39 is 0 Å². The molecule has 0 N–H and O–H groups in total. The third kappa shape index (κ3) is 4.67. The average molecular weight is 628 g/mol. The molecule has 0 atom stereocenters. The van der Waals surface area contributed by atoms with Crippen molar-refractivity contribution in [2.45, 2.75) is 0 Å². The summed E-state index contributed by atoms with van der Waals surface area (Å²) in [6.45, 7) is 0. The molecule has 3 nitrogen and oxygen atoms in total. The van der Waals surface area contributed by atoms with Crippen LogP contribution in [0.15, 0.2) is 185 Å². The number of benzene rings is 8. The molecule has 0 amide bonds. The van der Waals surface area contributed by atoms with Crippen LogP contribution in [0.3, 0.4) is 0 Å². The molecule has 10 aromatic rings. The van der Waals surface area contributed by atoms with E-state index in [-0.39, 0.29) is 0 Å². The van der Waals surface area contributed by atoms with Crippen LogP contribution in [0.4, 0.5) is 17.1 Å². The molecule has 0 bridgehead atoms. The van der Waals surface area contributed by atoms with E-state index in [1.807, 2.05) is 24.3 Å². The molecule has 0 aliphatic rings. The van der Waals surface area contributed by atoms with Gasteiger partial charge < -0.3 is 13.7 Å². The molecule has 0 aliphatic heterocycles. The van der Waals surface area contributed by atoms with Crippen molar-refractivity contribution in [1.29, 1.82) is 0 Å². The average Bonchev–Trinajstić information content (AvgIpc) is 3.73. The Hall–Kier alpha value is -6.58. The number of anilines is 3. The van der Waals surface area contributed by atoms with Gasteiger partial charge in [-0.2, -0.15) is 0 Å². The summed E-state index contributed by atoms with van der Waals surface area (Å²) in [5.74, 6) is 0. The predicted octanol–water partition coefficient (Wildman–Crippen LogP) is 13.4. The Balaban J connectivity index is 1.04. The van der Waals surface area contributed by atoms with Gasteiger partial charge in [0, 0.05) is 38.6 Å². The van der Waals surface area contributed by atoms with Crippen LogP contribution >= 0.6 is 0 Å². The number of nitrogens with zero attached hydrogens (tertiary/aromatic N) is 1. The summed E-state index contributed by atoms with van der Waals surface area (Å²) in [7, 11) is 0. The summed E-state index contributed by atoms with van der Waals surface area (Å²) < 4.78 is 12.2. The SMILES string of the molecule is c1ccc2cc(N(c3ccc(-c4ccc5oc6ccccc6c5c4)cc3)c3ccc(-c4ccc5oc6ccccc6c5c4)cc3)ccc2c1. The number of hydrogen-bond acceptors (Lipinski definition) is 3. The van der Waals surface area contributed by atoms with Crippen molar-refractivity contribution in [3.8, 4) is 22.3 Å². The van der Waals surface area contributed by atoms with Crippen molar-refractivity contribution >= 4 is 71.7 Å². The fraction of sp³-hybridized carbons (Fsp3) is 0. The molecule has 0 aliphatic carbocycles. The smallest absolute Gasteiger partial charge is 0.135 e. The van der Waals surface area contributed by atoms with Gasteiger partial charge in [0.05, 0.1) is 0 Å². The van der Waals surface area contributed by atoms with Gasteiger partial charge in [0.2, 0.25) is 0 Å². The third-order valence-corrected chi connectivity index (χ3v) is 9.66. The zero-order valence-corrected chi connectivity index (χ0v) is 26.5. The lowest BCUT2D eigenvalue weighted by Gasteiger charge is -2.26. The number of hydrogen-bond donors (Lipinski definition) is 0. The van der Waals surface area contributed by atoms with Crippen molar-refractivity contribution in [2.75, 3.05) is 4.90 Å². The van der Waals surface area contributed by atoms with Gasteiger partial charge in [0.1, 0.15) is 22.3 Å². The van der Waals surface area contributed by atoms with E-state index in [1.54, 1.807) is 0 Å². The highest BCUT2D eigenvalue weighted by Gasteiger charge is 2.15. The van der Waals surface area contributed by atoms with Gasteiger partial charge in [-0.15, -0.1) is 0 Å². The Kier molecular flexibility index (Phi) is 6.18. The van der Waals surface area contributed by atoms with Crippen molar-refractivity contribution < 1.29 is 8.83 Å². The van der Waals surface area contributed by atoms with Crippen LogP contribution in [-0.2, 0) is 0 Å². The van der Waals surface area contributed by atoms with Crippen molar-refractivity contribution in [3.05, 3.63) is 176 Å². The van der Waals surface area contributed by atoms with Crippen molar-refractivity contribution in [2.24, 2.45) is 0 Å². The minimum atomic E-state index is 0.908. The van der Waals surface area contributed by atoms with Gasteiger partial charge in [-0.3, -0.25) is 0 Å². The van der Waals surface area contributed by atoms with E-state index in [9.17, 15) is 0 Å². The maximum atomic E-state index is 6.08. The van der Waals surface area contributed by atoms with Gasteiger partial charge in [-0.25, -0.2) is 0 Å². The van der Waals surface area contributed by atoms with Gasteiger partial charge in [-0.05, 0) is 106 Å². The maximum Gasteiger partial charge on any atom is 0.135 e. The molecule has 0 fully saturated rings. The molecule has 0 spiro atoms. The van der Waals surface area contributed by atoms with Gasteiger partial charge in [0.15, 0.2) is 0 Å². The molecule has 49 heavy (non-hydrogen) atoms. The number of para-hydroxylation sites is 2. The molecule has 3 heteroatoms. The first-order valence-corrected chi connectivity index (χ1v) is 16.6. The highest BCUT2D eigenvalue weighted by atomic mass is 16.3. The summed E-state index contributed by atoms with van der Waals surface area (Å²) in [6.07, 6.45) is 0. The number of furan rings is 2. The molecule has 0 saturated carbocycles. The lowest BCUT2D eigenvalue weighted by molar-refractivity contribution is 0.668. The van der Waals surface area contributed by atoms with E-state index in [4.69, 9.17) is 8.83 Å². The van der Waals surface area contributed by atoms with Crippen LogP contribution in [0.25, 0.3) is 76.9 Å². The molecular weight excluding hydrogens is 599 g/mol. The van der Waals surface area contributed by atoms with Crippen molar-refractivity contribution in [3.63, 3.8) is 0 Å². The van der Waals surface area contributed by atoms with Crippen molar-refractivity contribution in [1.82, 2.24) is 0 Å². The Morgan fingerprint density at radius 3 is 1.27 bits per heavy atom. The molecule has 10 rings (SSSR count). The second-order valence-electron chi connectivity index (χ2n) is 12.6. The molecule has 8 aromatic carbocycles. The topological polar surface area (TPSA) is 29.5 Å². The number of fused-ring (bicyclic) bond motifs is 7. The normalized spacial score (nSPS) is 11.7. The minimum Gasteiger partial charge on any atom is -0.456 e. The molecule has 0 unspecified atom stereocenters. The first-order valence-electron chi connectivity index (χ1n) is 16.6. The maximum absolute atomic E-state index is 6.08. The highest BCUT2D eigenvalue weighted by molar-refractivity contribution is 6.07. The fourth-order valence-electron chi connectivity index (χ4n) is 7.18. The van der Waals surface area contributed by atoms with Gasteiger partial charge in [-0.1, -0.05) is 103 Å². The van der Waals surface area contributed by atoms with Gasteiger partial charge in [0.25, 0.3) is 0 Å². The van der Waals surface area contributed by atoms with Crippen LogP contribution in [0.2, 0.25) is 0 Å². The molecule has 0 saturated heterocycles. The lowest BCUT2D eigenvalue weighted by Crippen LogP contribution is -2.09. The van der Waals surface area contributed by atoms with Gasteiger partial charge >= 0.3 is 0 Å². The Morgan fingerprint density at radius 1 is 0.286 bits per heavy atom. The monoisotopic (exact) mass is 627 g/mol. The molecule has 2 aromatic heterocycles. The molecular formula is C46H29NO2. The second-order valence-corrected chi connectivity index (χ2v) is 12.6. The standard InChI is InChI=1S/C46H29NO2/c1-2-8-33-27-38(24-17-30(33)7-1)47(36-20-13-31(14-21-36)34-18-25-45-41(28-34)39-9-3-5-11-43(39)48-45)37-22-15-32(16-23-37)35-19-26-46-42(29-35)40-10-4-6-12-44(40)49-46/h1-29H. The first kappa shape index (κ1) is 27.5. The summed E-state index contributed by atoms with van der Waals surface area (Å²) in [5, 5.41) is 6.98. The summed E-state index contributed by atoms with van der Waals surface area (Å²) >= 11 is 0. The van der Waals surface area contributed by atoms with E-state index in [1.165, 1.54) is 10.8 Å². The van der Waals surface area contributed by atoms with Crippen LogP contribution in [0.1, 0.15) is 0 Å². The molecule has 2 heterocycles. The van der Waals surface area contributed by atoms with Crippen LogP contribution in [0, 0.1) is 0 Å².